The van der Waals surface area contributed by atoms with Crippen LogP contribution in [0.1, 0.15) is 17.2 Å². The van der Waals surface area contributed by atoms with E-state index < -0.39 is 18.8 Å². The highest BCUT2D eigenvalue weighted by Crippen LogP contribution is 2.24. The van der Waals surface area contributed by atoms with Gasteiger partial charge in [0.15, 0.2) is 0 Å². The number of ether oxygens (including phenoxy) is 1. The summed E-state index contributed by atoms with van der Waals surface area (Å²) >= 11 is 0. The van der Waals surface area contributed by atoms with Gasteiger partial charge in [-0.05, 0) is 30.8 Å². The average Bonchev–Trinajstić information content (AvgIpc) is 2.39. The van der Waals surface area contributed by atoms with E-state index in [0.717, 1.165) is 17.7 Å². The number of halogens is 1. The first-order valence-corrected chi connectivity index (χ1v) is 5.99. The van der Waals surface area contributed by atoms with Crippen LogP contribution in [0.25, 0.3) is 10.4 Å². The Balaban J connectivity index is 2.89. The lowest BCUT2D eigenvalue weighted by Crippen LogP contribution is -2.20. The van der Waals surface area contributed by atoms with Gasteiger partial charge in [0.25, 0.3) is 0 Å². The average molecular weight is 266 g/mol. The van der Waals surface area contributed by atoms with Gasteiger partial charge in [-0.2, -0.15) is 0 Å². The third kappa shape index (κ3) is 4.52. The number of methoxy groups -OCH3 is 1. The van der Waals surface area contributed by atoms with Crippen molar-refractivity contribution in [1.82, 2.24) is 4.90 Å². The molecule has 0 heterocycles. The molecule has 0 aliphatic rings. The highest BCUT2D eigenvalue weighted by Gasteiger charge is 2.21. The minimum atomic E-state index is -0.838. The molecule has 5 nitrogen and oxygen atoms in total. The van der Waals surface area contributed by atoms with Crippen LogP contribution in [-0.4, -0.2) is 38.8 Å². The van der Waals surface area contributed by atoms with Crippen LogP contribution in [-0.2, 0) is 11.3 Å². The predicted molar refractivity (Wildman–Crippen MR) is 72.5 cm³/mol. The zero-order chi connectivity index (χ0) is 14.3. The number of nitrogens with zero attached hydrogens (tertiary/aromatic N) is 4. The molecular weight excluding hydrogens is 247 g/mol. The molecule has 1 aromatic rings. The lowest BCUT2D eigenvalue weighted by atomic mass is 10.0. The maximum absolute atomic E-state index is 12.9. The molecule has 0 aromatic heterocycles. The molecule has 0 saturated heterocycles. The fourth-order valence-corrected chi connectivity index (χ4v) is 1.93. The molecule has 0 bridgehead atoms. The second-order valence-corrected chi connectivity index (χ2v) is 4.56. The van der Waals surface area contributed by atoms with Crippen molar-refractivity contribution in [2.45, 2.75) is 18.7 Å². The smallest absolute Gasteiger partial charge is 0.101 e. The van der Waals surface area contributed by atoms with E-state index in [1.165, 1.54) is 7.11 Å². The highest BCUT2D eigenvalue weighted by atomic mass is 19.1. The number of benzene rings is 1. The van der Waals surface area contributed by atoms with Gasteiger partial charge in [0, 0.05) is 18.6 Å². The van der Waals surface area contributed by atoms with Crippen molar-refractivity contribution in [3.63, 3.8) is 0 Å². The van der Waals surface area contributed by atoms with Crippen molar-refractivity contribution in [3.05, 3.63) is 45.8 Å². The molecular formula is C13H19FN4O. The van der Waals surface area contributed by atoms with E-state index in [4.69, 9.17) is 10.3 Å². The summed E-state index contributed by atoms with van der Waals surface area (Å²) in [6.45, 7) is 0.0861. The van der Waals surface area contributed by atoms with Crippen LogP contribution in [0.15, 0.2) is 29.4 Å². The highest BCUT2D eigenvalue weighted by molar-refractivity contribution is 5.25. The van der Waals surface area contributed by atoms with Crippen LogP contribution in [0.3, 0.4) is 0 Å². The van der Waals surface area contributed by atoms with E-state index in [1.54, 1.807) is 0 Å². The molecule has 0 radical (unpaired) electrons. The Hall–Kier alpha value is -1.62. The SMILES string of the molecule is CO[C@H](c1ccc(CN(C)C)cc1)[C@@H](CF)N=[N+]=[N-]. The minimum absolute atomic E-state index is 0.561. The Bertz CT molecular complexity index is 429. The summed E-state index contributed by atoms with van der Waals surface area (Å²) < 4.78 is 18.1. The quantitative estimate of drug-likeness (QED) is 0.432. The molecule has 0 fully saturated rings. The molecule has 0 spiro atoms. The molecule has 0 unspecified atom stereocenters. The van der Waals surface area contributed by atoms with E-state index in [2.05, 4.69) is 14.9 Å². The summed E-state index contributed by atoms with van der Waals surface area (Å²) in [5.74, 6) is 0. The van der Waals surface area contributed by atoms with Gasteiger partial charge in [0.1, 0.15) is 6.67 Å². The second-order valence-electron chi connectivity index (χ2n) is 4.56. The normalized spacial score (nSPS) is 13.9. The van der Waals surface area contributed by atoms with E-state index in [-0.39, 0.29) is 0 Å². The van der Waals surface area contributed by atoms with Gasteiger partial charge >= 0.3 is 0 Å². The first-order valence-electron chi connectivity index (χ1n) is 5.99. The van der Waals surface area contributed by atoms with Crippen molar-refractivity contribution >= 4 is 0 Å². The Morgan fingerprint density at radius 1 is 1.37 bits per heavy atom. The van der Waals surface area contributed by atoms with E-state index in [1.807, 2.05) is 38.4 Å². The topological polar surface area (TPSA) is 61.2 Å². The summed E-state index contributed by atoms with van der Waals surface area (Å²) in [6.07, 6.45) is -0.561. The number of azide groups is 1. The predicted octanol–water partition coefficient (Wildman–Crippen LogP) is 3.08. The zero-order valence-electron chi connectivity index (χ0n) is 11.5. The third-order valence-electron chi connectivity index (χ3n) is 2.77. The van der Waals surface area contributed by atoms with Crippen LogP contribution < -0.4 is 0 Å². The Morgan fingerprint density at radius 3 is 2.42 bits per heavy atom. The third-order valence-corrected chi connectivity index (χ3v) is 2.77. The number of hydrogen-bond donors (Lipinski definition) is 0. The number of rotatable bonds is 7. The van der Waals surface area contributed by atoms with Gasteiger partial charge in [-0.25, -0.2) is 0 Å². The molecule has 1 aromatic carbocycles. The minimum Gasteiger partial charge on any atom is -0.376 e. The van der Waals surface area contributed by atoms with Crippen LogP contribution >= 0.6 is 0 Å². The number of hydrogen-bond acceptors (Lipinski definition) is 3. The van der Waals surface area contributed by atoms with E-state index >= 15 is 0 Å². The summed E-state index contributed by atoms with van der Waals surface area (Å²) in [6, 6.07) is 6.85. The number of alkyl halides is 1. The largest absolute Gasteiger partial charge is 0.376 e. The lowest BCUT2D eigenvalue weighted by Gasteiger charge is -2.20. The Kier molecular flexibility index (Phi) is 6.29. The summed E-state index contributed by atoms with van der Waals surface area (Å²) in [4.78, 5) is 4.72. The summed E-state index contributed by atoms with van der Waals surface area (Å²) in [5, 5.41) is 3.43. The first-order chi connectivity index (χ1) is 9.12. The molecule has 0 N–H and O–H groups in total. The lowest BCUT2D eigenvalue weighted by molar-refractivity contribution is 0.0722. The molecule has 1 rings (SSSR count). The van der Waals surface area contributed by atoms with E-state index in [9.17, 15) is 4.39 Å². The maximum atomic E-state index is 12.9. The van der Waals surface area contributed by atoms with Crippen molar-refractivity contribution in [2.75, 3.05) is 27.9 Å². The van der Waals surface area contributed by atoms with Crippen LogP contribution in [0.5, 0.6) is 0 Å². The fraction of sp³-hybridized carbons (Fsp3) is 0.538. The molecule has 0 aliphatic heterocycles. The second kappa shape index (κ2) is 7.74. The summed E-state index contributed by atoms with van der Waals surface area (Å²) in [5.41, 5.74) is 10.4. The van der Waals surface area contributed by atoms with Gasteiger partial charge in [-0.15, -0.1) is 0 Å². The van der Waals surface area contributed by atoms with Gasteiger partial charge in [-0.3, -0.25) is 4.39 Å². The van der Waals surface area contributed by atoms with Crippen LogP contribution in [0.4, 0.5) is 4.39 Å². The molecule has 6 heteroatoms. The van der Waals surface area contributed by atoms with Gasteiger partial charge in [0.05, 0.1) is 12.1 Å². The van der Waals surface area contributed by atoms with Crippen LogP contribution in [0, 0.1) is 0 Å². The standard InChI is InChI=1S/C13H19FN4O/c1-18(2)9-10-4-6-11(7-5-10)13(19-3)12(8-14)16-17-15/h4-7,12-13H,8-9H2,1-3H3/t12-,13-/m1/s1. The van der Waals surface area contributed by atoms with Crippen molar-refractivity contribution in [1.29, 1.82) is 0 Å². The summed E-state index contributed by atoms with van der Waals surface area (Å²) in [7, 11) is 5.47. The molecule has 19 heavy (non-hydrogen) atoms. The molecule has 0 aliphatic carbocycles. The molecule has 104 valence electrons. The van der Waals surface area contributed by atoms with Crippen molar-refractivity contribution < 1.29 is 9.13 Å². The monoisotopic (exact) mass is 266 g/mol. The first kappa shape index (κ1) is 15.4. The zero-order valence-corrected chi connectivity index (χ0v) is 11.5. The van der Waals surface area contributed by atoms with E-state index in [0.29, 0.717) is 0 Å². The van der Waals surface area contributed by atoms with Crippen molar-refractivity contribution in [2.24, 2.45) is 5.11 Å². The molecule has 0 saturated carbocycles. The Labute approximate surface area is 112 Å². The fourth-order valence-electron chi connectivity index (χ4n) is 1.93. The van der Waals surface area contributed by atoms with Crippen molar-refractivity contribution in [3.8, 4) is 0 Å². The van der Waals surface area contributed by atoms with Gasteiger partial charge < -0.3 is 9.64 Å². The van der Waals surface area contributed by atoms with Gasteiger partial charge in [-0.1, -0.05) is 29.4 Å². The molecule has 2 atom stereocenters. The molecule has 0 amide bonds. The van der Waals surface area contributed by atoms with Crippen LogP contribution in [0.2, 0.25) is 0 Å². The maximum Gasteiger partial charge on any atom is 0.101 e. The Morgan fingerprint density at radius 2 is 2.00 bits per heavy atom. The van der Waals surface area contributed by atoms with Gasteiger partial charge in [0.2, 0.25) is 0 Å².